The van der Waals surface area contributed by atoms with Gasteiger partial charge in [0, 0.05) is 22.3 Å². The van der Waals surface area contributed by atoms with Gasteiger partial charge in [0.2, 0.25) is 5.88 Å². The standard InChI is InChI=1S/C11H7Cl2NO/c12-8-1-3-10(4-2-8)15-11-7-9(13)5-6-14-11/h1-7H. The molecule has 0 radical (unpaired) electrons. The summed E-state index contributed by atoms with van der Waals surface area (Å²) < 4.78 is 5.46. The highest BCUT2D eigenvalue weighted by molar-refractivity contribution is 6.30. The van der Waals surface area contributed by atoms with E-state index in [0.717, 1.165) is 0 Å². The Bertz CT molecular complexity index is 456. The highest BCUT2D eigenvalue weighted by atomic mass is 35.5. The lowest BCUT2D eigenvalue weighted by Crippen LogP contribution is -1.86. The summed E-state index contributed by atoms with van der Waals surface area (Å²) in [5.74, 6) is 1.14. The Kier molecular flexibility index (Phi) is 3.09. The second kappa shape index (κ2) is 4.51. The van der Waals surface area contributed by atoms with E-state index in [1.54, 1.807) is 42.6 Å². The fraction of sp³-hybridized carbons (Fsp3) is 0. The Hall–Kier alpha value is -1.25. The molecule has 0 spiro atoms. The molecule has 0 amide bonds. The normalized spacial score (nSPS) is 10.0. The van der Waals surface area contributed by atoms with Crippen LogP contribution in [-0.4, -0.2) is 4.98 Å². The van der Waals surface area contributed by atoms with Crippen molar-refractivity contribution in [3.8, 4) is 11.6 Å². The minimum Gasteiger partial charge on any atom is -0.439 e. The van der Waals surface area contributed by atoms with Crippen LogP contribution >= 0.6 is 23.2 Å². The summed E-state index contributed by atoms with van der Waals surface area (Å²) in [4.78, 5) is 4.02. The Balaban J connectivity index is 2.18. The second-order valence-corrected chi connectivity index (χ2v) is 3.74. The lowest BCUT2D eigenvalue weighted by atomic mass is 10.3. The van der Waals surface area contributed by atoms with Crippen LogP contribution in [0.3, 0.4) is 0 Å². The lowest BCUT2D eigenvalue weighted by molar-refractivity contribution is 0.463. The van der Waals surface area contributed by atoms with E-state index in [1.165, 1.54) is 0 Å². The molecule has 0 N–H and O–H groups in total. The Morgan fingerprint density at radius 3 is 2.33 bits per heavy atom. The number of ether oxygens (including phenoxy) is 1. The average Bonchev–Trinajstić information content (AvgIpc) is 2.22. The third-order valence-corrected chi connectivity index (χ3v) is 2.22. The fourth-order valence-electron chi connectivity index (χ4n) is 1.06. The molecule has 0 bridgehead atoms. The minimum absolute atomic E-state index is 0.463. The maximum atomic E-state index is 5.80. The van der Waals surface area contributed by atoms with E-state index in [4.69, 9.17) is 27.9 Å². The topological polar surface area (TPSA) is 22.1 Å². The number of pyridine rings is 1. The molecule has 15 heavy (non-hydrogen) atoms. The highest BCUT2D eigenvalue weighted by Gasteiger charge is 1.98. The van der Waals surface area contributed by atoms with Gasteiger partial charge in [-0.15, -0.1) is 0 Å². The molecule has 0 atom stereocenters. The van der Waals surface area contributed by atoms with Gasteiger partial charge in [-0.25, -0.2) is 4.98 Å². The molecule has 0 saturated carbocycles. The van der Waals surface area contributed by atoms with E-state index in [0.29, 0.717) is 21.7 Å². The van der Waals surface area contributed by atoms with Crippen LogP contribution < -0.4 is 4.74 Å². The molecule has 76 valence electrons. The van der Waals surface area contributed by atoms with Crippen LogP contribution in [0.2, 0.25) is 10.0 Å². The van der Waals surface area contributed by atoms with Gasteiger partial charge in [0.05, 0.1) is 0 Å². The average molecular weight is 240 g/mol. The van der Waals surface area contributed by atoms with Gasteiger partial charge >= 0.3 is 0 Å². The van der Waals surface area contributed by atoms with Crippen LogP contribution in [0.1, 0.15) is 0 Å². The van der Waals surface area contributed by atoms with Gasteiger partial charge in [0.25, 0.3) is 0 Å². The third kappa shape index (κ3) is 2.85. The zero-order valence-electron chi connectivity index (χ0n) is 7.65. The minimum atomic E-state index is 0.463. The number of halogens is 2. The quantitative estimate of drug-likeness (QED) is 0.785. The van der Waals surface area contributed by atoms with Crippen LogP contribution in [0.4, 0.5) is 0 Å². The molecule has 0 aliphatic carbocycles. The van der Waals surface area contributed by atoms with Crippen molar-refractivity contribution in [1.29, 1.82) is 0 Å². The van der Waals surface area contributed by atoms with Gasteiger partial charge < -0.3 is 4.74 Å². The summed E-state index contributed by atoms with van der Waals surface area (Å²) in [6.07, 6.45) is 1.59. The zero-order valence-corrected chi connectivity index (χ0v) is 9.16. The van der Waals surface area contributed by atoms with Gasteiger partial charge in [0.15, 0.2) is 0 Å². The largest absolute Gasteiger partial charge is 0.439 e. The van der Waals surface area contributed by atoms with E-state index >= 15 is 0 Å². The molecule has 1 heterocycles. The van der Waals surface area contributed by atoms with Gasteiger partial charge in [-0.05, 0) is 30.3 Å². The van der Waals surface area contributed by atoms with Crippen molar-refractivity contribution in [3.05, 3.63) is 52.6 Å². The maximum Gasteiger partial charge on any atom is 0.220 e. The smallest absolute Gasteiger partial charge is 0.220 e. The Morgan fingerprint density at radius 1 is 0.933 bits per heavy atom. The summed E-state index contributed by atoms with van der Waals surface area (Å²) in [6, 6.07) is 10.4. The van der Waals surface area contributed by atoms with Crippen LogP contribution in [-0.2, 0) is 0 Å². The zero-order chi connectivity index (χ0) is 10.7. The molecule has 0 fully saturated rings. The van der Waals surface area contributed by atoms with E-state index < -0.39 is 0 Å². The number of hydrogen-bond donors (Lipinski definition) is 0. The highest BCUT2D eigenvalue weighted by Crippen LogP contribution is 2.22. The van der Waals surface area contributed by atoms with Crippen molar-refractivity contribution in [2.45, 2.75) is 0 Å². The molecule has 1 aromatic heterocycles. The van der Waals surface area contributed by atoms with Gasteiger partial charge in [-0.3, -0.25) is 0 Å². The van der Waals surface area contributed by atoms with Gasteiger partial charge in [0.1, 0.15) is 5.75 Å². The Morgan fingerprint density at radius 2 is 1.67 bits per heavy atom. The molecule has 2 rings (SSSR count). The number of hydrogen-bond acceptors (Lipinski definition) is 2. The van der Waals surface area contributed by atoms with E-state index in [2.05, 4.69) is 4.98 Å². The maximum absolute atomic E-state index is 5.80. The predicted octanol–water partition coefficient (Wildman–Crippen LogP) is 4.18. The van der Waals surface area contributed by atoms with Crippen LogP contribution in [0.5, 0.6) is 11.6 Å². The molecular formula is C11H7Cl2NO. The van der Waals surface area contributed by atoms with Gasteiger partial charge in [-0.1, -0.05) is 23.2 Å². The number of nitrogens with zero attached hydrogens (tertiary/aromatic N) is 1. The number of aromatic nitrogens is 1. The first-order valence-corrected chi connectivity index (χ1v) is 5.04. The van der Waals surface area contributed by atoms with Gasteiger partial charge in [-0.2, -0.15) is 0 Å². The molecular weight excluding hydrogens is 233 g/mol. The van der Waals surface area contributed by atoms with E-state index in [-0.39, 0.29) is 0 Å². The molecule has 2 aromatic rings. The fourth-order valence-corrected chi connectivity index (χ4v) is 1.34. The predicted molar refractivity (Wildman–Crippen MR) is 60.8 cm³/mol. The molecule has 4 heteroatoms. The molecule has 2 nitrogen and oxygen atoms in total. The van der Waals surface area contributed by atoms with Crippen molar-refractivity contribution >= 4 is 23.2 Å². The summed E-state index contributed by atoms with van der Waals surface area (Å²) in [5.41, 5.74) is 0. The summed E-state index contributed by atoms with van der Waals surface area (Å²) in [5, 5.41) is 1.26. The summed E-state index contributed by atoms with van der Waals surface area (Å²) >= 11 is 11.5. The van der Waals surface area contributed by atoms with E-state index in [1.807, 2.05) is 0 Å². The van der Waals surface area contributed by atoms with Crippen LogP contribution in [0.25, 0.3) is 0 Å². The molecule has 0 saturated heterocycles. The molecule has 1 aromatic carbocycles. The molecule has 0 unspecified atom stereocenters. The van der Waals surface area contributed by atoms with Crippen molar-refractivity contribution in [2.75, 3.05) is 0 Å². The number of rotatable bonds is 2. The SMILES string of the molecule is Clc1ccc(Oc2cc(Cl)ccn2)cc1. The molecule has 0 aliphatic rings. The van der Waals surface area contributed by atoms with Crippen molar-refractivity contribution in [2.24, 2.45) is 0 Å². The first-order chi connectivity index (χ1) is 7.24. The first kappa shape index (κ1) is 10.3. The summed E-state index contributed by atoms with van der Waals surface area (Å²) in [7, 11) is 0. The lowest BCUT2D eigenvalue weighted by Gasteiger charge is -2.04. The van der Waals surface area contributed by atoms with Crippen molar-refractivity contribution < 1.29 is 4.74 Å². The Labute approximate surface area is 97.4 Å². The van der Waals surface area contributed by atoms with E-state index in [9.17, 15) is 0 Å². The molecule has 0 aliphatic heterocycles. The van der Waals surface area contributed by atoms with Crippen molar-refractivity contribution in [1.82, 2.24) is 4.98 Å². The van der Waals surface area contributed by atoms with Crippen LogP contribution in [0, 0.1) is 0 Å². The first-order valence-electron chi connectivity index (χ1n) is 4.29. The summed E-state index contributed by atoms with van der Waals surface area (Å²) in [6.45, 7) is 0. The van der Waals surface area contributed by atoms with Crippen LogP contribution in [0.15, 0.2) is 42.6 Å². The third-order valence-electron chi connectivity index (χ3n) is 1.73. The monoisotopic (exact) mass is 239 g/mol. The van der Waals surface area contributed by atoms with Crippen molar-refractivity contribution in [3.63, 3.8) is 0 Å². The number of benzene rings is 1. The second-order valence-electron chi connectivity index (χ2n) is 2.87.